The second-order valence-electron chi connectivity index (χ2n) is 2.44. The van der Waals surface area contributed by atoms with Crippen LogP contribution in [0.15, 0.2) is 18.2 Å². The number of aromatic nitrogens is 1. The fourth-order valence-corrected chi connectivity index (χ4v) is 0.926. The van der Waals surface area contributed by atoms with Gasteiger partial charge in [0, 0.05) is 7.11 Å². The maximum Gasteiger partial charge on any atom is 0.356 e. The maximum absolute atomic E-state index is 11.0. The molecule has 0 aliphatic heterocycles. The number of pyridine rings is 1. The minimum absolute atomic E-state index is 0.303. The van der Waals surface area contributed by atoms with Gasteiger partial charge in [-0.05, 0) is 12.1 Å². The van der Waals surface area contributed by atoms with E-state index < -0.39 is 5.97 Å². The molecule has 0 aliphatic carbocycles. The topological polar surface area (TPSA) is 65.5 Å². The number of hydrogen-bond donors (Lipinski definition) is 0. The highest BCUT2D eigenvalue weighted by Crippen LogP contribution is 2.01. The summed E-state index contributed by atoms with van der Waals surface area (Å²) in [6, 6.07) is 5.13. The van der Waals surface area contributed by atoms with Gasteiger partial charge < -0.3 is 14.3 Å². The largest absolute Gasteiger partial charge is 0.464 e. The molecular weight excluding hydrogens is 222 g/mol. The van der Waals surface area contributed by atoms with E-state index in [9.17, 15) is 4.79 Å². The summed E-state index contributed by atoms with van der Waals surface area (Å²) in [5.41, 5.74) is 1.02. The molecule has 0 bridgehead atoms. The van der Waals surface area contributed by atoms with E-state index in [2.05, 4.69) is 9.72 Å². The van der Waals surface area contributed by atoms with Crippen molar-refractivity contribution in [3.05, 3.63) is 29.6 Å². The first-order chi connectivity index (χ1) is 8.27. The van der Waals surface area contributed by atoms with E-state index in [0.29, 0.717) is 18.0 Å². The van der Waals surface area contributed by atoms with Gasteiger partial charge in [-0.25, -0.2) is 9.78 Å². The molecule has 1 heterocycles. The van der Waals surface area contributed by atoms with Crippen molar-refractivity contribution in [3.8, 4) is 0 Å². The fraction of sp³-hybridized carbons (Fsp3) is 0.417. The van der Waals surface area contributed by atoms with Crippen LogP contribution in [0.5, 0.6) is 0 Å². The van der Waals surface area contributed by atoms with Crippen LogP contribution in [0.2, 0.25) is 0 Å². The Morgan fingerprint density at radius 2 is 1.88 bits per heavy atom. The van der Waals surface area contributed by atoms with Crippen molar-refractivity contribution in [1.82, 2.24) is 4.98 Å². The van der Waals surface area contributed by atoms with Crippen molar-refractivity contribution in [2.75, 3.05) is 14.2 Å². The molecular formula is C12H19NO4. The van der Waals surface area contributed by atoms with E-state index in [1.807, 2.05) is 20.6 Å². The quantitative estimate of drug-likeness (QED) is 0.756. The van der Waals surface area contributed by atoms with Crippen LogP contribution in [0.25, 0.3) is 0 Å². The molecule has 0 N–H and O–H groups in total. The van der Waals surface area contributed by atoms with Crippen molar-refractivity contribution in [3.63, 3.8) is 0 Å². The van der Waals surface area contributed by atoms with Crippen LogP contribution in [0.4, 0.5) is 0 Å². The molecule has 0 amide bonds. The minimum atomic E-state index is -0.432. The number of rotatable bonds is 3. The molecule has 0 atom stereocenters. The summed E-state index contributed by atoms with van der Waals surface area (Å²) in [6.07, 6.45) is 0. The first kappa shape index (κ1) is 17.6. The van der Waals surface area contributed by atoms with Gasteiger partial charge in [0.1, 0.15) is 12.5 Å². The Kier molecular flexibility index (Phi) is 12.8. The zero-order valence-corrected chi connectivity index (χ0v) is 10.7. The average molecular weight is 241 g/mol. The van der Waals surface area contributed by atoms with E-state index in [0.717, 1.165) is 0 Å². The molecule has 1 rings (SSSR count). The summed E-state index contributed by atoms with van der Waals surface area (Å²) in [5, 5.41) is 0. The zero-order chi connectivity index (χ0) is 13.7. The van der Waals surface area contributed by atoms with E-state index in [-0.39, 0.29) is 0 Å². The van der Waals surface area contributed by atoms with E-state index in [1.165, 1.54) is 7.11 Å². The van der Waals surface area contributed by atoms with Crippen LogP contribution in [-0.4, -0.2) is 32.0 Å². The number of carbonyl (C=O) groups is 2. The molecule has 17 heavy (non-hydrogen) atoms. The van der Waals surface area contributed by atoms with Crippen molar-refractivity contribution < 1.29 is 19.1 Å². The summed E-state index contributed by atoms with van der Waals surface area (Å²) >= 11 is 0. The molecule has 96 valence electrons. The molecule has 0 fully saturated rings. The molecule has 0 aromatic carbocycles. The standard InChI is InChI=1S/C9H11NO3.C2H6.CH2O/c1-12-6-7-4-3-5-8(10-7)9(11)13-2;2*1-2/h3-5H,6H2,1-2H3;1-2H3;1H2. The third-order valence-electron chi connectivity index (χ3n) is 1.49. The van der Waals surface area contributed by atoms with Gasteiger partial charge >= 0.3 is 5.97 Å². The molecule has 1 aromatic rings. The Balaban J connectivity index is 0. The van der Waals surface area contributed by atoms with Crippen LogP contribution in [0.3, 0.4) is 0 Å². The lowest BCUT2D eigenvalue weighted by Crippen LogP contribution is -2.05. The molecule has 0 spiro atoms. The Bertz CT molecular complexity index is 315. The van der Waals surface area contributed by atoms with Crippen molar-refractivity contribution in [2.45, 2.75) is 20.5 Å². The average Bonchev–Trinajstić information content (AvgIpc) is 2.43. The minimum Gasteiger partial charge on any atom is -0.464 e. The zero-order valence-electron chi connectivity index (χ0n) is 10.7. The summed E-state index contributed by atoms with van der Waals surface area (Å²) in [4.78, 5) is 23.1. The van der Waals surface area contributed by atoms with Crippen molar-refractivity contribution >= 4 is 12.8 Å². The van der Waals surface area contributed by atoms with E-state index in [1.54, 1.807) is 25.3 Å². The molecule has 0 saturated carbocycles. The van der Waals surface area contributed by atoms with Crippen LogP contribution in [0, 0.1) is 0 Å². The van der Waals surface area contributed by atoms with Crippen LogP contribution in [-0.2, 0) is 20.9 Å². The molecule has 0 aliphatic rings. The van der Waals surface area contributed by atoms with E-state index in [4.69, 9.17) is 9.53 Å². The number of methoxy groups -OCH3 is 2. The monoisotopic (exact) mass is 241 g/mol. The highest BCUT2D eigenvalue weighted by Gasteiger charge is 2.06. The van der Waals surface area contributed by atoms with Crippen LogP contribution >= 0.6 is 0 Å². The first-order valence-electron chi connectivity index (χ1n) is 5.10. The van der Waals surface area contributed by atoms with Gasteiger partial charge in [0.2, 0.25) is 0 Å². The van der Waals surface area contributed by atoms with Crippen LogP contribution < -0.4 is 0 Å². The number of esters is 1. The Morgan fingerprint density at radius 1 is 1.29 bits per heavy atom. The highest BCUT2D eigenvalue weighted by molar-refractivity contribution is 5.87. The van der Waals surface area contributed by atoms with Crippen LogP contribution in [0.1, 0.15) is 30.0 Å². The number of carbonyl (C=O) groups excluding carboxylic acids is 2. The van der Waals surface area contributed by atoms with Gasteiger partial charge in [0.05, 0.1) is 19.4 Å². The lowest BCUT2D eigenvalue weighted by molar-refractivity contribution is -0.0980. The first-order valence-corrected chi connectivity index (χ1v) is 5.10. The van der Waals surface area contributed by atoms with Crippen molar-refractivity contribution in [2.24, 2.45) is 0 Å². The number of nitrogens with zero attached hydrogens (tertiary/aromatic N) is 1. The van der Waals surface area contributed by atoms with E-state index >= 15 is 0 Å². The number of ether oxygens (including phenoxy) is 2. The molecule has 5 heteroatoms. The fourth-order valence-electron chi connectivity index (χ4n) is 0.926. The van der Waals surface area contributed by atoms with Gasteiger partial charge in [-0.3, -0.25) is 0 Å². The SMILES string of the molecule is C=O.CC.COCc1cccc(C(=O)OC)n1. The van der Waals surface area contributed by atoms with Crippen molar-refractivity contribution in [1.29, 1.82) is 0 Å². The van der Waals surface area contributed by atoms with Gasteiger partial charge in [-0.1, -0.05) is 19.9 Å². The smallest absolute Gasteiger partial charge is 0.356 e. The maximum atomic E-state index is 11.0. The lowest BCUT2D eigenvalue weighted by atomic mass is 10.3. The Labute approximate surface area is 102 Å². The van der Waals surface area contributed by atoms with Gasteiger partial charge in [-0.15, -0.1) is 0 Å². The van der Waals surface area contributed by atoms with Gasteiger partial charge in [-0.2, -0.15) is 0 Å². The molecule has 1 aromatic heterocycles. The third kappa shape index (κ3) is 7.19. The third-order valence-corrected chi connectivity index (χ3v) is 1.49. The Morgan fingerprint density at radius 3 is 2.35 bits per heavy atom. The lowest BCUT2D eigenvalue weighted by Gasteiger charge is -2.01. The molecule has 0 radical (unpaired) electrons. The molecule has 0 saturated heterocycles. The van der Waals surface area contributed by atoms with Gasteiger partial charge in [0.25, 0.3) is 0 Å². The molecule has 0 unspecified atom stereocenters. The summed E-state index contributed by atoms with van der Waals surface area (Å²) in [6.45, 7) is 6.39. The second kappa shape index (κ2) is 12.3. The second-order valence-corrected chi connectivity index (χ2v) is 2.44. The predicted octanol–water partition coefficient (Wildman–Crippen LogP) is 1.86. The summed E-state index contributed by atoms with van der Waals surface area (Å²) in [5.74, 6) is -0.432. The summed E-state index contributed by atoms with van der Waals surface area (Å²) in [7, 11) is 2.90. The molecule has 5 nitrogen and oxygen atoms in total. The highest BCUT2D eigenvalue weighted by atomic mass is 16.5. The predicted molar refractivity (Wildman–Crippen MR) is 64.8 cm³/mol. The van der Waals surface area contributed by atoms with Gasteiger partial charge in [0.15, 0.2) is 0 Å². The normalized spacial score (nSPS) is 8.00. The number of hydrogen-bond acceptors (Lipinski definition) is 5. The Hall–Kier alpha value is -1.75. The summed E-state index contributed by atoms with van der Waals surface area (Å²) < 4.78 is 9.41.